The third-order valence-electron chi connectivity index (χ3n) is 5.28. The molecule has 1 fully saturated rings. The van der Waals surface area contributed by atoms with E-state index in [1.54, 1.807) is 24.8 Å². The Hall–Kier alpha value is -3.60. The SMILES string of the molecule is O=C(c1ccc(-c2nccc3ncccc23)cc1)N1CC(c2ccncc2)C1. The minimum absolute atomic E-state index is 0.0735. The van der Waals surface area contributed by atoms with Crippen molar-refractivity contribution in [3.05, 3.63) is 90.5 Å². The van der Waals surface area contributed by atoms with Gasteiger partial charge in [0.1, 0.15) is 0 Å². The molecule has 4 aromatic rings. The van der Waals surface area contributed by atoms with E-state index < -0.39 is 0 Å². The van der Waals surface area contributed by atoms with Crippen LogP contribution in [-0.4, -0.2) is 38.8 Å². The van der Waals surface area contributed by atoms with Crippen LogP contribution in [0.3, 0.4) is 0 Å². The summed E-state index contributed by atoms with van der Waals surface area (Å²) in [4.78, 5) is 27.6. The summed E-state index contributed by atoms with van der Waals surface area (Å²) in [5.74, 6) is 0.475. The van der Waals surface area contributed by atoms with E-state index >= 15 is 0 Å². The van der Waals surface area contributed by atoms with Gasteiger partial charge in [0.05, 0.1) is 11.2 Å². The first-order chi connectivity index (χ1) is 13.8. The van der Waals surface area contributed by atoms with Crippen LogP contribution in [-0.2, 0) is 0 Å². The molecule has 0 saturated carbocycles. The quantitative estimate of drug-likeness (QED) is 0.551. The number of carbonyl (C=O) groups excluding carboxylic acids is 1. The standard InChI is InChI=1S/C23H18N4O/c28-23(27-14-19(15-27)16-7-11-24-12-8-16)18-5-3-17(4-6-18)22-20-2-1-10-25-21(20)9-13-26-22/h1-13,19H,14-15H2. The van der Waals surface area contributed by atoms with E-state index in [9.17, 15) is 4.79 Å². The minimum atomic E-state index is 0.0735. The van der Waals surface area contributed by atoms with Crippen LogP contribution in [0.15, 0.2) is 79.4 Å². The Labute approximate surface area is 162 Å². The van der Waals surface area contributed by atoms with Gasteiger partial charge in [-0.1, -0.05) is 12.1 Å². The number of hydrogen-bond acceptors (Lipinski definition) is 4. The lowest BCUT2D eigenvalue weighted by Crippen LogP contribution is -2.48. The fraction of sp³-hybridized carbons (Fsp3) is 0.130. The number of hydrogen-bond donors (Lipinski definition) is 0. The molecule has 136 valence electrons. The van der Waals surface area contributed by atoms with Crippen LogP contribution in [0.5, 0.6) is 0 Å². The van der Waals surface area contributed by atoms with Gasteiger partial charge in [-0.2, -0.15) is 0 Å². The van der Waals surface area contributed by atoms with E-state index in [1.807, 2.05) is 59.5 Å². The van der Waals surface area contributed by atoms with E-state index in [-0.39, 0.29) is 5.91 Å². The maximum atomic E-state index is 12.8. The molecule has 1 saturated heterocycles. The maximum Gasteiger partial charge on any atom is 0.253 e. The molecule has 5 rings (SSSR count). The van der Waals surface area contributed by atoms with Crippen molar-refractivity contribution in [2.45, 2.75) is 5.92 Å². The number of nitrogens with zero attached hydrogens (tertiary/aromatic N) is 4. The Morgan fingerprint density at radius 1 is 0.857 bits per heavy atom. The number of likely N-dealkylation sites (tertiary alicyclic amines) is 1. The van der Waals surface area contributed by atoms with Gasteiger partial charge >= 0.3 is 0 Å². The van der Waals surface area contributed by atoms with Crippen LogP contribution in [0, 0.1) is 0 Å². The fourth-order valence-electron chi connectivity index (χ4n) is 3.68. The number of carbonyl (C=O) groups is 1. The molecule has 5 heteroatoms. The smallest absolute Gasteiger partial charge is 0.253 e. The van der Waals surface area contributed by atoms with E-state index in [4.69, 9.17) is 0 Å². The predicted octanol–water partition coefficient (Wildman–Crippen LogP) is 3.93. The molecule has 5 nitrogen and oxygen atoms in total. The molecular formula is C23H18N4O. The van der Waals surface area contributed by atoms with Crippen molar-refractivity contribution < 1.29 is 4.79 Å². The van der Waals surface area contributed by atoms with Gasteiger partial charge < -0.3 is 4.90 Å². The van der Waals surface area contributed by atoms with Crippen molar-refractivity contribution in [1.82, 2.24) is 19.9 Å². The lowest BCUT2D eigenvalue weighted by atomic mass is 9.91. The monoisotopic (exact) mass is 366 g/mol. The predicted molar refractivity (Wildman–Crippen MR) is 108 cm³/mol. The first-order valence-corrected chi connectivity index (χ1v) is 9.29. The summed E-state index contributed by atoms with van der Waals surface area (Å²) in [6.45, 7) is 1.50. The molecule has 1 amide bonds. The van der Waals surface area contributed by atoms with Crippen molar-refractivity contribution in [2.75, 3.05) is 13.1 Å². The summed E-state index contributed by atoms with van der Waals surface area (Å²) in [5.41, 5.74) is 4.72. The number of benzene rings is 1. The van der Waals surface area contributed by atoms with Gasteiger partial charge in [-0.25, -0.2) is 0 Å². The van der Waals surface area contributed by atoms with Crippen molar-refractivity contribution in [3.8, 4) is 11.3 Å². The Balaban J connectivity index is 1.34. The van der Waals surface area contributed by atoms with E-state index in [1.165, 1.54) is 5.56 Å². The molecule has 0 spiro atoms. The highest BCUT2D eigenvalue weighted by Gasteiger charge is 2.32. The van der Waals surface area contributed by atoms with E-state index in [0.717, 1.165) is 35.2 Å². The topological polar surface area (TPSA) is 59.0 Å². The fourth-order valence-corrected chi connectivity index (χ4v) is 3.68. The normalized spacial score (nSPS) is 14.1. The molecular weight excluding hydrogens is 348 g/mol. The lowest BCUT2D eigenvalue weighted by Gasteiger charge is -2.39. The molecule has 0 radical (unpaired) electrons. The summed E-state index contributed by atoms with van der Waals surface area (Å²) < 4.78 is 0. The van der Waals surface area contributed by atoms with Crippen molar-refractivity contribution in [2.24, 2.45) is 0 Å². The third kappa shape index (κ3) is 2.91. The molecule has 1 aromatic carbocycles. The van der Waals surface area contributed by atoms with Crippen LogP contribution in [0.1, 0.15) is 21.8 Å². The van der Waals surface area contributed by atoms with E-state index in [0.29, 0.717) is 11.5 Å². The molecule has 0 atom stereocenters. The zero-order chi connectivity index (χ0) is 18.9. The molecule has 1 aliphatic heterocycles. The Bertz CT molecular complexity index is 1130. The average molecular weight is 366 g/mol. The minimum Gasteiger partial charge on any atom is -0.337 e. The lowest BCUT2D eigenvalue weighted by molar-refractivity contribution is 0.0602. The second-order valence-corrected chi connectivity index (χ2v) is 6.99. The van der Waals surface area contributed by atoms with Crippen molar-refractivity contribution >= 4 is 16.8 Å². The molecule has 0 unspecified atom stereocenters. The summed E-state index contributed by atoms with van der Waals surface area (Å²) in [5, 5.41) is 1.01. The molecule has 28 heavy (non-hydrogen) atoms. The molecule has 4 heterocycles. The van der Waals surface area contributed by atoms with Gasteiger partial charge in [-0.05, 0) is 48.0 Å². The maximum absolute atomic E-state index is 12.8. The van der Waals surface area contributed by atoms with Gasteiger partial charge in [0.15, 0.2) is 0 Å². The van der Waals surface area contributed by atoms with Crippen molar-refractivity contribution in [3.63, 3.8) is 0 Å². The average Bonchev–Trinajstić information content (AvgIpc) is 2.73. The number of aromatic nitrogens is 3. The Kier molecular flexibility index (Phi) is 4.05. The summed E-state index contributed by atoms with van der Waals surface area (Å²) >= 11 is 0. The summed E-state index contributed by atoms with van der Waals surface area (Å²) in [7, 11) is 0. The molecule has 3 aromatic heterocycles. The molecule has 1 aliphatic rings. The van der Waals surface area contributed by atoms with Crippen LogP contribution in [0.2, 0.25) is 0 Å². The Morgan fingerprint density at radius 2 is 1.64 bits per heavy atom. The zero-order valence-corrected chi connectivity index (χ0v) is 15.2. The summed E-state index contributed by atoms with van der Waals surface area (Å²) in [6, 6.07) is 17.6. The zero-order valence-electron chi connectivity index (χ0n) is 15.2. The molecule has 0 N–H and O–H groups in total. The second kappa shape index (κ2) is 6.85. The van der Waals surface area contributed by atoms with Crippen LogP contribution in [0.4, 0.5) is 0 Å². The highest BCUT2D eigenvalue weighted by atomic mass is 16.2. The number of amides is 1. The van der Waals surface area contributed by atoms with Crippen molar-refractivity contribution in [1.29, 1.82) is 0 Å². The van der Waals surface area contributed by atoms with Crippen LogP contribution in [0.25, 0.3) is 22.2 Å². The van der Waals surface area contributed by atoms with E-state index in [2.05, 4.69) is 15.0 Å². The first kappa shape index (κ1) is 16.6. The molecule has 0 bridgehead atoms. The second-order valence-electron chi connectivity index (χ2n) is 6.99. The summed E-state index contributed by atoms with van der Waals surface area (Å²) in [6.07, 6.45) is 7.15. The van der Waals surface area contributed by atoms with Crippen LogP contribution >= 0.6 is 0 Å². The first-order valence-electron chi connectivity index (χ1n) is 9.29. The molecule has 0 aliphatic carbocycles. The van der Waals surface area contributed by atoms with Gasteiger partial charge in [-0.3, -0.25) is 19.7 Å². The largest absolute Gasteiger partial charge is 0.337 e. The van der Waals surface area contributed by atoms with Gasteiger partial charge in [0, 0.05) is 60.3 Å². The number of fused-ring (bicyclic) bond motifs is 1. The van der Waals surface area contributed by atoms with Gasteiger partial charge in [0.2, 0.25) is 0 Å². The number of pyridine rings is 3. The Morgan fingerprint density at radius 3 is 2.43 bits per heavy atom. The highest BCUT2D eigenvalue weighted by Crippen LogP contribution is 2.29. The highest BCUT2D eigenvalue weighted by molar-refractivity contribution is 5.96. The third-order valence-corrected chi connectivity index (χ3v) is 5.28. The number of rotatable bonds is 3. The van der Waals surface area contributed by atoms with Gasteiger partial charge in [-0.15, -0.1) is 0 Å². The van der Waals surface area contributed by atoms with Gasteiger partial charge in [0.25, 0.3) is 5.91 Å². The van der Waals surface area contributed by atoms with Crippen LogP contribution < -0.4 is 0 Å².